The van der Waals surface area contributed by atoms with E-state index in [1.807, 2.05) is 6.07 Å². The van der Waals surface area contributed by atoms with Crippen LogP contribution >= 0.6 is 23.2 Å². The highest BCUT2D eigenvalue weighted by Gasteiger charge is 2.12. The van der Waals surface area contributed by atoms with Crippen molar-refractivity contribution in [3.8, 4) is 0 Å². The van der Waals surface area contributed by atoms with Crippen molar-refractivity contribution >= 4 is 40.3 Å². The fourth-order valence-corrected chi connectivity index (χ4v) is 2.98. The van der Waals surface area contributed by atoms with Crippen molar-refractivity contribution in [1.82, 2.24) is 25.0 Å². The molecule has 0 atom stereocenters. The lowest BCUT2D eigenvalue weighted by Crippen LogP contribution is -2.16. The smallest absolute Gasteiger partial charge is 0.280 e. The van der Waals surface area contributed by atoms with Crippen molar-refractivity contribution in [3.05, 3.63) is 44.2 Å². The highest BCUT2D eigenvalue weighted by molar-refractivity contribution is 6.42. The molecule has 0 saturated carbocycles. The van der Waals surface area contributed by atoms with Gasteiger partial charge in [-0.2, -0.15) is 4.98 Å². The van der Waals surface area contributed by atoms with Gasteiger partial charge in [-0.05, 0) is 37.0 Å². The SMILES string of the molecule is COCCCCCn1nnc2nc(NCc3ccc(Cl)c(Cl)c3)[nH]c(=O)c21. The van der Waals surface area contributed by atoms with Crippen molar-refractivity contribution in [1.29, 1.82) is 0 Å². The first-order valence-corrected chi connectivity index (χ1v) is 9.34. The molecule has 0 saturated heterocycles. The lowest BCUT2D eigenvalue weighted by Gasteiger charge is -2.07. The first-order chi connectivity index (χ1) is 13.1. The standard InChI is InChI=1S/C17H20Cl2N6O2/c1-27-8-4-2-3-7-25-14-15(23-24-25)21-17(22-16(14)26)20-10-11-5-6-12(18)13(19)9-11/h5-6,9H,2-4,7-8,10H2,1H3,(H2,20,21,22,26). The number of nitrogens with one attached hydrogen (secondary N) is 2. The van der Waals surface area contributed by atoms with Crippen molar-refractivity contribution in [2.75, 3.05) is 19.0 Å². The van der Waals surface area contributed by atoms with Gasteiger partial charge in [0.15, 0.2) is 5.52 Å². The third kappa shape index (κ3) is 4.97. The molecule has 0 aliphatic carbocycles. The van der Waals surface area contributed by atoms with E-state index in [-0.39, 0.29) is 5.56 Å². The Labute approximate surface area is 165 Å². The molecule has 1 aromatic carbocycles. The van der Waals surface area contributed by atoms with Gasteiger partial charge in [0, 0.05) is 26.8 Å². The van der Waals surface area contributed by atoms with Gasteiger partial charge < -0.3 is 10.1 Å². The normalized spacial score (nSPS) is 11.2. The Balaban J connectivity index is 1.68. The Hall–Kier alpha value is -2.16. The van der Waals surface area contributed by atoms with Crippen molar-refractivity contribution in [3.63, 3.8) is 0 Å². The molecule has 2 heterocycles. The first-order valence-electron chi connectivity index (χ1n) is 8.58. The average molecular weight is 411 g/mol. The van der Waals surface area contributed by atoms with E-state index in [4.69, 9.17) is 27.9 Å². The molecule has 3 rings (SSSR count). The summed E-state index contributed by atoms with van der Waals surface area (Å²) in [4.78, 5) is 19.5. The molecule has 27 heavy (non-hydrogen) atoms. The number of aryl methyl sites for hydroxylation is 1. The molecule has 2 N–H and O–H groups in total. The van der Waals surface area contributed by atoms with Crippen LogP contribution in [0.3, 0.4) is 0 Å². The lowest BCUT2D eigenvalue weighted by atomic mass is 10.2. The largest absolute Gasteiger partial charge is 0.385 e. The van der Waals surface area contributed by atoms with E-state index in [0.29, 0.717) is 40.2 Å². The highest BCUT2D eigenvalue weighted by atomic mass is 35.5. The van der Waals surface area contributed by atoms with E-state index in [9.17, 15) is 4.79 Å². The van der Waals surface area contributed by atoms with Crippen LogP contribution in [0, 0.1) is 0 Å². The first kappa shape index (κ1) is 19.6. The predicted molar refractivity (Wildman–Crippen MR) is 105 cm³/mol. The number of halogens is 2. The van der Waals surface area contributed by atoms with Crippen LogP contribution in [0.15, 0.2) is 23.0 Å². The molecule has 144 valence electrons. The highest BCUT2D eigenvalue weighted by Crippen LogP contribution is 2.22. The second-order valence-electron chi connectivity index (χ2n) is 6.05. The minimum atomic E-state index is -0.279. The van der Waals surface area contributed by atoms with Crippen LogP contribution in [0.1, 0.15) is 24.8 Å². The Morgan fingerprint density at radius 3 is 2.85 bits per heavy atom. The second-order valence-corrected chi connectivity index (χ2v) is 6.87. The monoisotopic (exact) mass is 410 g/mol. The van der Waals surface area contributed by atoms with Gasteiger partial charge in [-0.25, -0.2) is 4.68 Å². The number of aromatic nitrogens is 5. The van der Waals surface area contributed by atoms with Crippen LogP contribution in [0.2, 0.25) is 10.0 Å². The fourth-order valence-electron chi connectivity index (χ4n) is 2.66. The van der Waals surface area contributed by atoms with Gasteiger partial charge in [0.25, 0.3) is 5.56 Å². The minimum absolute atomic E-state index is 0.279. The third-order valence-corrected chi connectivity index (χ3v) is 4.78. The number of rotatable bonds is 9. The second kappa shape index (κ2) is 9.16. The Kier molecular flexibility index (Phi) is 6.65. The van der Waals surface area contributed by atoms with Crippen molar-refractivity contribution in [2.24, 2.45) is 0 Å². The van der Waals surface area contributed by atoms with E-state index < -0.39 is 0 Å². The summed E-state index contributed by atoms with van der Waals surface area (Å²) in [7, 11) is 1.68. The fraction of sp³-hybridized carbons (Fsp3) is 0.412. The maximum Gasteiger partial charge on any atom is 0.280 e. The van der Waals surface area contributed by atoms with Gasteiger partial charge in [0.2, 0.25) is 11.6 Å². The quantitative estimate of drug-likeness (QED) is 0.525. The molecule has 0 spiro atoms. The zero-order valence-electron chi connectivity index (χ0n) is 14.8. The van der Waals surface area contributed by atoms with Crippen LogP contribution in [0.5, 0.6) is 0 Å². The number of methoxy groups -OCH3 is 1. The number of ether oxygens (including phenoxy) is 1. The zero-order valence-corrected chi connectivity index (χ0v) is 16.3. The Morgan fingerprint density at radius 2 is 2.07 bits per heavy atom. The van der Waals surface area contributed by atoms with E-state index in [0.717, 1.165) is 31.4 Å². The van der Waals surface area contributed by atoms with Gasteiger partial charge in [0.05, 0.1) is 10.0 Å². The van der Waals surface area contributed by atoms with Gasteiger partial charge in [-0.15, -0.1) is 5.10 Å². The lowest BCUT2D eigenvalue weighted by molar-refractivity contribution is 0.191. The molecule has 3 aromatic rings. The van der Waals surface area contributed by atoms with Crippen LogP contribution < -0.4 is 10.9 Å². The third-order valence-electron chi connectivity index (χ3n) is 4.04. The molecule has 0 radical (unpaired) electrons. The number of hydrogen-bond acceptors (Lipinski definition) is 6. The summed E-state index contributed by atoms with van der Waals surface area (Å²) in [5, 5.41) is 12.1. The number of nitrogens with zero attached hydrogens (tertiary/aromatic N) is 4. The maximum absolute atomic E-state index is 12.4. The van der Waals surface area contributed by atoms with Crippen LogP contribution in [0.4, 0.5) is 5.95 Å². The van der Waals surface area contributed by atoms with E-state index >= 15 is 0 Å². The van der Waals surface area contributed by atoms with Crippen LogP contribution in [-0.2, 0) is 17.8 Å². The molecule has 10 heteroatoms. The molecular formula is C17H20Cl2N6O2. The molecular weight excluding hydrogens is 391 g/mol. The molecule has 0 unspecified atom stereocenters. The minimum Gasteiger partial charge on any atom is -0.385 e. The number of H-pyrrole nitrogens is 1. The average Bonchev–Trinajstić information content (AvgIpc) is 3.06. The summed E-state index contributed by atoms with van der Waals surface area (Å²) in [6.07, 6.45) is 2.85. The number of benzene rings is 1. The maximum atomic E-state index is 12.4. The number of aromatic amines is 1. The van der Waals surface area contributed by atoms with Crippen LogP contribution in [-0.4, -0.2) is 38.7 Å². The molecule has 0 aliphatic heterocycles. The molecule has 0 fully saturated rings. The Bertz CT molecular complexity index is 972. The molecule has 0 aliphatic rings. The van der Waals surface area contributed by atoms with Crippen LogP contribution in [0.25, 0.3) is 11.2 Å². The Morgan fingerprint density at radius 1 is 1.22 bits per heavy atom. The molecule has 0 bridgehead atoms. The number of anilines is 1. The number of fused-ring (bicyclic) bond motifs is 1. The summed E-state index contributed by atoms with van der Waals surface area (Å²) in [5.74, 6) is 0.325. The predicted octanol–water partition coefficient (Wildman–Crippen LogP) is 3.25. The van der Waals surface area contributed by atoms with Gasteiger partial charge in [-0.1, -0.05) is 34.5 Å². The van der Waals surface area contributed by atoms with Crippen molar-refractivity contribution in [2.45, 2.75) is 32.4 Å². The van der Waals surface area contributed by atoms with Gasteiger partial charge >= 0.3 is 0 Å². The van der Waals surface area contributed by atoms with Gasteiger partial charge in [0.1, 0.15) is 0 Å². The summed E-state index contributed by atoms with van der Waals surface area (Å²) in [6, 6.07) is 5.32. The zero-order chi connectivity index (χ0) is 19.2. The number of hydrogen-bond donors (Lipinski definition) is 2. The van der Waals surface area contributed by atoms with E-state index in [1.165, 1.54) is 0 Å². The van der Waals surface area contributed by atoms with Gasteiger partial charge in [-0.3, -0.25) is 9.78 Å². The summed E-state index contributed by atoms with van der Waals surface area (Å²) < 4.78 is 6.62. The topological polar surface area (TPSA) is 97.7 Å². The summed E-state index contributed by atoms with van der Waals surface area (Å²) in [6.45, 7) is 1.77. The molecule has 0 amide bonds. The summed E-state index contributed by atoms with van der Waals surface area (Å²) in [5.41, 5.74) is 1.32. The molecule has 8 nitrogen and oxygen atoms in total. The van der Waals surface area contributed by atoms with Crippen molar-refractivity contribution < 1.29 is 4.74 Å². The molecule has 2 aromatic heterocycles. The van der Waals surface area contributed by atoms with E-state index in [2.05, 4.69) is 25.6 Å². The van der Waals surface area contributed by atoms with E-state index in [1.54, 1.807) is 23.9 Å². The number of unbranched alkanes of at least 4 members (excludes halogenated alkanes) is 2. The summed E-state index contributed by atoms with van der Waals surface area (Å²) >= 11 is 11.9.